The van der Waals surface area contributed by atoms with Crippen LogP contribution in [-0.4, -0.2) is 77.3 Å². The van der Waals surface area contributed by atoms with Crippen molar-refractivity contribution >= 4 is 21.5 Å². The topological polar surface area (TPSA) is 87.0 Å². The highest BCUT2D eigenvalue weighted by atomic mass is 16.6. The largest absolute Gasteiger partial charge is 0.491 e. The van der Waals surface area contributed by atoms with Gasteiger partial charge in [0.15, 0.2) is 0 Å². The monoisotopic (exact) mass is 556 g/mol. The molecule has 41 heavy (non-hydrogen) atoms. The minimum Gasteiger partial charge on any atom is -0.491 e. The maximum absolute atomic E-state index is 6.34. The number of hydrogen-bond donors (Lipinski definition) is 0. The predicted molar refractivity (Wildman–Crippen MR) is 152 cm³/mol. The molecule has 8 rings (SSSR count). The van der Waals surface area contributed by atoms with E-state index in [1.807, 2.05) is 12.1 Å². The molecule has 4 aromatic carbocycles. The van der Waals surface area contributed by atoms with Gasteiger partial charge in [-0.2, -0.15) is 0 Å². The summed E-state index contributed by atoms with van der Waals surface area (Å²) in [6.07, 6.45) is 1.35. The Hall–Kier alpha value is -3.56. The van der Waals surface area contributed by atoms with Gasteiger partial charge in [-0.25, -0.2) is 0 Å². The van der Waals surface area contributed by atoms with E-state index in [0.29, 0.717) is 32.8 Å². The highest BCUT2D eigenvalue weighted by Gasteiger charge is 2.26. The fourth-order valence-corrected chi connectivity index (χ4v) is 5.05. The lowest BCUT2D eigenvalue weighted by atomic mass is 9.93. The maximum atomic E-state index is 6.34. The molecule has 4 aliphatic heterocycles. The van der Waals surface area contributed by atoms with Crippen molar-refractivity contribution in [2.75, 3.05) is 52.9 Å². The molecule has 0 N–H and O–H groups in total. The molecule has 0 aromatic heterocycles. The van der Waals surface area contributed by atoms with Crippen molar-refractivity contribution in [3.05, 3.63) is 71.8 Å². The van der Waals surface area contributed by atoms with E-state index < -0.39 is 0 Å². The molecule has 4 saturated heterocycles. The molecule has 4 unspecified atom stereocenters. The summed E-state index contributed by atoms with van der Waals surface area (Å²) in [6.45, 7) is 5.21. The van der Waals surface area contributed by atoms with Crippen LogP contribution < -0.4 is 18.9 Å². The van der Waals surface area contributed by atoms with Crippen LogP contribution in [-0.2, 0) is 25.4 Å². The number of rotatable bonds is 14. The van der Waals surface area contributed by atoms with Crippen molar-refractivity contribution in [2.45, 2.75) is 30.8 Å². The van der Waals surface area contributed by atoms with Crippen molar-refractivity contribution < 1.29 is 37.9 Å². The van der Waals surface area contributed by atoms with Gasteiger partial charge in [-0.3, -0.25) is 0 Å². The summed E-state index contributed by atoms with van der Waals surface area (Å²) in [6, 6.07) is 20.9. The Morgan fingerprint density at radius 2 is 1.02 bits per heavy atom. The molecule has 4 atom stereocenters. The Kier molecular flexibility index (Phi) is 6.56. The Labute approximate surface area is 237 Å². The van der Waals surface area contributed by atoms with Crippen LogP contribution in [0.3, 0.4) is 0 Å². The Bertz CT molecular complexity index is 1560. The molecule has 0 aliphatic carbocycles. The lowest BCUT2D eigenvalue weighted by Crippen LogP contribution is -2.08. The van der Waals surface area contributed by atoms with Crippen molar-refractivity contribution in [1.29, 1.82) is 0 Å². The van der Waals surface area contributed by atoms with Crippen molar-refractivity contribution in [3.63, 3.8) is 0 Å². The van der Waals surface area contributed by atoms with E-state index in [2.05, 4.69) is 48.5 Å². The molecule has 212 valence electrons. The van der Waals surface area contributed by atoms with E-state index in [1.165, 1.54) is 0 Å². The van der Waals surface area contributed by atoms with Crippen LogP contribution >= 0.6 is 0 Å². The summed E-state index contributed by atoms with van der Waals surface area (Å²) < 4.78 is 46.1. The number of ether oxygens (including phenoxy) is 8. The van der Waals surface area contributed by atoms with Crippen LogP contribution in [0.15, 0.2) is 60.7 Å². The maximum Gasteiger partial charge on any atom is 0.123 e. The number of epoxide rings is 4. The smallest absolute Gasteiger partial charge is 0.123 e. The van der Waals surface area contributed by atoms with E-state index in [1.54, 1.807) is 0 Å². The molecule has 4 fully saturated rings. The molecule has 4 aromatic rings. The summed E-state index contributed by atoms with van der Waals surface area (Å²) >= 11 is 0. The van der Waals surface area contributed by atoms with Gasteiger partial charge in [0.2, 0.25) is 0 Å². The second-order valence-corrected chi connectivity index (χ2v) is 11.1. The van der Waals surface area contributed by atoms with Gasteiger partial charge in [0.05, 0.1) is 26.4 Å². The molecule has 0 radical (unpaired) electrons. The first-order valence-electron chi connectivity index (χ1n) is 14.3. The summed E-state index contributed by atoms with van der Waals surface area (Å²) in [4.78, 5) is 0. The molecular formula is C33H32O8. The highest BCUT2D eigenvalue weighted by Crippen LogP contribution is 2.37. The number of hydrogen-bond acceptors (Lipinski definition) is 8. The fraction of sp³-hybridized carbons (Fsp3) is 0.394. The van der Waals surface area contributed by atoms with Gasteiger partial charge in [0, 0.05) is 12.0 Å². The number of benzene rings is 4. The van der Waals surface area contributed by atoms with E-state index in [-0.39, 0.29) is 24.4 Å². The molecule has 8 heteroatoms. The van der Waals surface area contributed by atoms with Gasteiger partial charge < -0.3 is 37.9 Å². The lowest BCUT2D eigenvalue weighted by Gasteiger charge is -2.18. The first kappa shape index (κ1) is 25.2. The SMILES string of the molecule is c1cc2cc(OCC3CO3)cc(Cc3c(OCC4CO4)ccc4ccc(OCC5CO5)cc34)c2cc1OCC1CO1. The second-order valence-electron chi connectivity index (χ2n) is 11.1. The van der Waals surface area contributed by atoms with Crippen LogP contribution in [0.2, 0.25) is 0 Å². The molecule has 8 nitrogen and oxygen atoms in total. The normalized spacial score (nSPS) is 23.8. The molecule has 0 saturated carbocycles. The first-order chi connectivity index (χ1) is 20.2. The summed E-state index contributed by atoms with van der Waals surface area (Å²) in [5.41, 5.74) is 2.22. The summed E-state index contributed by atoms with van der Waals surface area (Å²) in [5, 5.41) is 4.42. The van der Waals surface area contributed by atoms with Crippen LogP contribution in [0, 0.1) is 0 Å². The van der Waals surface area contributed by atoms with E-state index in [4.69, 9.17) is 37.9 Å². The summed E-state index contributed by atoms with van der Waals surface area (Å²) in [5.74, 6) is 3.32. The van der Waals surface area contributed by atoms with Gasteiger partial charge in [0.25, 0.3) is 0 Å². The second kappa shape index (κ2) is 10.7. The average Bonchev–Trinajstić information content (AvgIpc) is 3.83. The Morgan fingerprint density at radius 1 is 0.512 bits per heavy atom. The van der Waals surface area contributed by atoms with Gasteiger partial charge in [-0.15, -0.1) is 0 Å². The molecule has 0 bridgehead atoms. The third-order valence-corrected chi connectivity index (χ3v) is 7.76. The minimum absolute atomic E-state index is 0.157. The molecular weight excluding hydrogens is 524 g/mol. The van der Waals surface area contributed by atoms with Crippen molar-refractivity contribution in [2.24, 2.45) is 0 Å². The van der Waals surface area contributed by atoms with Gasteiger partial charge >= 0.3 is 0 Å². The van der Waals surface area contributed by atoms with E-state index in [0.717, 1.165) is 82.1 Å². The van der Waals surface area contributed by atoms with Crippen LogP contribution in [0.4, 0.5) is 0 Å². The molecule has 0 spiro atoms. The third-order valence-electron chi connectivity index (χ3n) is 7.76. The molecule has 0 amide bonds. The average molecular weight is 557 g/mol. The zero-order chi connectivity index (χ0) is 27.2. The van der Waals surface area contributed by atoms with Gasteiger partial charge in [-0.05, 0) is 69.6 Å². The summed E-state index contributed by atoms with van der Waals surface area (Å²) in [7, 11) is 0. The predicted octanol–water partition coefficient (Wildman–Crippen LogP) is 4.69. The van der Waals surface area contributed by atoms with Gasteiger partial charge in [0.1, 0.15) is 73.8 Å². The molecule has 4 aliphatic rings. The van der Waals surface area contributed by atoms with E-state index in [9.17, 15) is 0 Å². The molecule has 4 heterocycles. The van der Waals surface area contributed by atoms with Crippen molar-refractivity contribution in [1.82, 2.24) is 0 Å². The fourth-order valence-electron chi connectivity index (χ4n) is 5.05. The van der Waals surface area contributed by atoms with Crippen LogP contribution in [0.5, 0.6) is 23.0 Å². The standard InChI is InChI=1S/C33H32O8/c1-4-24(35-13-27-16-38-27)11-31-20(1)3-6-33(41-19-29-18-40-29)32(31)9-22-8-25(36-14-28-17-39-28)7-21-2-5-23(10-30(21)22)34-12-26-15-37-26/h1-8,10-11,26-29H,9,12-19H2. The first-order valence-corrected chi connectivity index (χ1v) is 14.3. The quantitative estimate of drug-likeness (QED) is 0.207. The van der Waals surface area contributed by atoms with Crippen LogP contribution in [0.1, 0.15) is 11.1 Å². The van der Waals surface area contributed by atoms with Crippen LogP contribution in [0.25, 0.3) is 21.5 Å². The highest BCUT2D eigenvalue weighted by molar-refractivity contribution is 5.92. The zero-order valence-electron chi connectivity index (χ0n) is 22.7. The Balaban J connectivity index is 1.19. The Morgan fingerprint density at radius 3 is 1.63 bits per heavy atom. The minimum atomic E-state index is 0.157. The third kappa shape index (κ3) is 6.21. The van der Waals surface area contributed by atoms with E-state index >= 15 is 0 Å². The van der Waals surface area contributed by atoms with Crippen molar-refractivity contribution in [3.8, 4) is 23.0 Å². The zero-order valence-corrected chi connectivity index (χ0v) is 22.7. The van der Waals surface area contributed by atoms with Gasteiger partial charge in [-0.1, -0.05) is 18.2 Å². The number of fused-ring (bicyclic) bond motifs is 2. The lowest BCUT2D eigenvalue weighted by molar-refractivity contribution is 0.261.